The summed E-state index contributed by atoms with van der Waals surface area (Å²) in [6, 6.07) is 5.31. The molecule has 1 aromatic carbocycles. The Morgan fingerprint density at radius 3 is 2.61 bits per heavy atom. The highest BCUT2D eigenvalue weighted by molar-refractivity contribution is 7.15. The number of aryl methyl sites for hydroxylation is 2. The van der Waals surface area contributed by atoms with Gasteiger partial charge in [0.2, 0.25) is 0 Å². The van der Waals surface area contributed by atoms with E-state index in [2.05, 4.69) is 17.2 Å². The summed E-state index contributed by atoms with van der Waals surface area (Å²) in [5, 5.41) is 4.09. The second-order valence-electron chi connectivity index (χ2n) is 4.50. The molecule has 0 spiro atoms. The fourth-order valence-corrected chi connectivity index (χ4v) is 3.04. The molecule has 2 aromatic rings. The number of benzene rings is 1. The van der Waals surface area contributed by atoms with Crippen LogP contribution in [-0.2, 0) is 0 Å². The van der Waals surface area contributed by atoms with Crippen LogP contribution >= 0.6 is 11.3 Å². The van der Waals surface area contributed by atoms with Gasteiger partial charge in [-0.25, -0.2) is 9.37 Å². The van der Waals surface area contributed by atoms with E-state index < -0.39 is 0 Å². The summed E-state index contributed by atoms with van der Waals surface area (Å²) in [6.45, 7) is 5.99. The Kier molecular flexibility index (Phi) is 3.78. The molecule has 18 heavy (non-hydrogen) atoms. The zero-order valence-corrected chi connectivity index (χ0v) is 11.9. The molecule has 0 amide bonds. The van der Waals surface area contributed by atoms with E-state index in [1.807, 2.05) is 27.0 Å². The van der Waals surface area contributed by atoms with Crippen molar-refractivity contribution < 1.29 is 4.39 Å². The summed E-state index contributed by atoms with van der Waals surface area (Å²) in [6.07, 6.45) is 0. The highest BCUT2D eigenvalue weighted by Crippen LogP contribution is 2.32. The number of hydrogen-bond donors (Lipinski definition) is 1. The summed E-state index contributed by atoms with van der Waals surface area (Å²) < 4.78 is 13.4. The number of nitrogens with zero attached hydrogens (tertiary/aromatic N) is 1. The van der Waals surface area contributed by atoms with E-state index in [9.17, 15) is 4.39 Å². The predicted molar refractivity (Wildman–Crippen MR) is 74.5 cm³/mol. The van der Waals surface area contributed by atoms with Crippen molar-refractivity contribution in [2.24, 2.45) is 0 Å². The first-order valence-corrected chi connectivity index (χ1v) is 6.75. The van der Waals surface area contributed by atoms with Crippen molar-refractivity contribution >= 4 is 11.3 Å². The molecule has 1 heterocycles. The van der Waals surface area contributed by atoms with Crippen molar-refractivity contribution in [2.45, 2.75) is 26.8 Å². The third kappa shape index (κ3) is 2.60. The van der Waals surface area contributed by atoms with Crippen molar-refractivity contribution in [3.05, 3.63) is 40.2 Å². The van der Waals surface area contributed by atoms with E-state index in [4.69, 9.17) is 0 Å². The lowest BCUT2D eigenvalue weighted by Gasteiger charge is -2.07. The van der Waals surface area contributed by atoms with E-state index in [0.29, 0.717) is 0 Å². The van der Waals surface area contributed by atoms with Gasteiger partial charge in [0.1, 0.15) is 10.8 Å². The Balaban J connectivity index is 2.45. The molecule has 0 saturated carbocycles. The first-order valence-electron chi connectivity index (χ1n) is 5.93. The van der Waals surface area contributed by atoms with Crippen LogP contribution in [0.2, 0.25) is 0 Å². The maximum Gasteiger partial charge on any atom is 0.124 e. The first kappa shape index (κ1) is 13.2. The molecule has 0 saturated heterocycles. The number of thiazole rings is 1. The minimum absolute atomic E-state index is 0.207. The van der Waals surface area contributed by atoms with Gasteiger partial charge in [-0.05, 0) is 51.6 Å². The van der Waals surface area contributed by atoms with Gasteiger partial charge in [-0.1, -0.05) is 0 Å². The van der Waals surface area contributed by atoms with Crippen LogP contribution in [0.4, 0.5) is 4.39 Å². The quantitative estimate of drug-likeness (QED) is 0.911. The van der Waals surface area contributed by atoms with Crippen LogP contribution in [0.15, 0.2) is 18.2 Å². The molecule has 0 bridgehead atoms. The van der Waals surface area contributed by atoms with Crippen LogP contribution in [0, 0.1) is 19.7 Å². The van der Waals surface area contributed by atoms with Gasteiger partial charge >= 0.3 is 0 Å². The maximum atomic E-state index is 13.4. The van der Waals surface area contributed by atoms with Gasteiger partial charge in [0.05, 0.1) is 5.69 Å². The Morgan fingerprint density at radius 1 is 1.28 bits per heavy atom. The topological polar surface area (TPSA) is 24.9 Å². The molecule has 0 aliphatic carbocycles. The minimum Gasteiger partial charge on any atom is -0.312 e. The maximum absolute atomic E-state index is 13.4. The van der Waals surface area contributed by atoms with E-state index in [-0.39, 0.29) is 11.9 Å². The normalized spacial score (nSPS) is 12.7. The van der Waals surface area contributed by atoms with Crippen LogP contribution in [0.1, 0.15) is 29.1 Å². The largest absolute Gasteiger partial charge is 0.312 e. The van der Waals surface area contributed by atoms with E-state index in [0.717, 1.165) is 21.8 Å². The average molecular weight is 264 g/mol. The molecular weight excluding hydrogens is 247 g/mol. The second kappa shape index (κ2) is 5.16. The van der Waals surface area contributed by atoms with Crippen LogP contribution in [0.25, 0.3) is 10.6 Å². The van der Waals surface area contributed by atoms with Gasteiger partial charge in [-0.15, -0.1) is 11.3 Å². The number of nitrogens with one attached hydrogen (secondary N) is 1. The average Bonchev–Trinajstić information content (AvgIpc) is 2.69. The molecule has 0 aliphatic heterocycles. The third-order valence-corrected chi connectivity index (χ3v) is 4.34. The van der Waals surface area contributed by atoms with Crippen molar-refractivity contribution in [3.63, 3.8) is 0 Å². The summed E-state index contributed by atoms with van der Waals surface area (Å²) in [4.78, 5) is 5.75. The van der Waals surface area contributed by atoms with Crippen molar-refractivity contribution in [1.82, 2.24) is 10.3 Å². The molecule has 96 valence electrons. The molecule has 2 rings (SSSR count). The Morgan fingerprint density at radius 2 is 2.00 bits per heavy atom. The molecular formula is C14H17FN2S. The lowest BCUT2D eigenvalue weighted by atomic mass is 10.1. The van der Waals surface area contributed by atoms with Crippen LogP contribution in [0.5, 0.6) is 0 Å². The fourth-order valence-electron chi connectivity index (χ4n) is 1.92. The lowest BCUT2D eigenvalue weighted by Crippen LogP contribution is -2.11. The second-order valence-corrected chi connectivity index (χ2v) is 5.53. The number of halogens is 1. The molecule has 0 fully saturated rings. The Labute approximate surface area is 111 Å². The SMILES string of the molecule is CNC(C)c1sc(-c2cc(C)cc(F)c2)nc1C. The van der Waals surface area contributed by atoms with Gasteiger partial charge < -0.3 is 5.32 Å². The van der Waals surface area contributed by atoms with E-state index >= 15 is 0 Å². The predicted octanol–water partition coefficient (Wildman–Crippen LogP) is 3.85. The molecule has 0 radical (unpaired) electrons. The van der Waals surface area contributed by atoms with Crippen LogP contribution in [-0.4, -0.2) is 12.0 Å². The van der Waals surface area contributed by atoms with E-state index in [1.54, 1.807) is 17.4 Å². The highest BCUT2D eigenvalue weighted by Gasteiger charge is 2.14. The molecule has 4 heteroatoms. The van der Waals surface area contributed by atoms with Gasteiger partial charge in [0.25, 0.3) is 0 Å². The Bertz CT molecular complexity index is 543. The molecule has 1 unspecified atom stereocenters. The number of rotatable bonds is 3. The molecule has 1 N–H and O–H groups in total. The summed E-state index contributed by atoms with van der Waals surface area (Å²) in [5.74, 6) is -0.207. The number of aromatic nitrogens is 1. The smallest absolute Gasteiger partial charge is 0.124 e. The highest BCUT2D eigenvalue weighted by atomic mass is 32.1. The Hall–Kier alpha value is -1.26. The van der Waals surface area contributed by atoms with Crippen molar-refractivity contribution in [1.29, 1.82) is 0 Å². The van der Waals surface area contributed by atoms with Crippen molar-refractivity contribution in [3.8, 4) is 10.6 Å². The third-order valence-electron chi connectivity index (χ3n) is 2.95. The van der Waals surface area contributed by atoms with Gasteiger partial charge in [-0.2, -0.15) is 0 Å². The molecule has 1 aromatic heterocycles. The van der Waals surface area contributed by atoms with E-state index in [1.165, 1.54) is 10.9 Å². The first-order chi connectivity index (χ1) is 8.51. The zero-order chi connectivity index (χ0) is 13.3. The minimum atomic E-state index is -0.207. The van der Waals surface area contributed by atoms with Gasteiger partial charge in [-0.3, -0.25) is 0 Å². The summed E-state index contributed by atoms with van der Waals surface area (Å²) in [7, 11) is 1.93. The summed E-state index contributed by atoms with van der Waals surface area (Å²) in [5.41, 5.74) is 2.79. The molecule has 2 nitrogen and oxygen atoms in total. The lowest BCUT2D eigenvalue weighted by molar-refractivity contribution is 0.627. The van der Waals surface area contributed by atoms with Gasteiger partial charge in [0, 0.05) is 16.5 Å². The van der Waals surface area contributed by atoms with Crippen molar-refractivity contribution in [2.75, 3.05) is 7.05 Å². The van der Waals surface area contributed by atoms with Crippen LogP contribution < -0.4 is 5.32 Å². The molecule has 1 atom stereocenters. The monoisotopic (exact) mass is 264 g/mol. The molecule has 0 aliphatic rings. The standard InChI is InChI=1S/C14H17FN2S/c1-8-5-11(7-12(15)6-8)14-17-10(3)13(18-14)9(2)16-4/h5-7,9,16H,1-4H3. The summed E-state index contributed by atoms with van der Waals surface area (Å²) >= 11 is 1.62. The van der Waals surface area contributed by atoms with Gasteiger partial charge in [0.15, 0.2) is 0 Å². The van der Waals surface area contributed by atoms with Crippen LogP contribution in [0.3, 0.4) is 0 Å². The number of hydrogen-bond acceptors (Lipinski definition) is 3. The fraction of sp³-hybridized carbons (Fsp3) is 0.357. The zero-order valence-electron chi connectivity index (χ0n) is 11.0.